The molecule has 2 aromatic heterocycles. The van der Waals surface area contributed by atoms with Crippen LogP contribution in [0, 0.1) is 23.7 Å². The van der Waals surface area contributed by atoms with Crippen LogP contribution in [-0.2, 0) is 11.3 Å². The molecule has 6 rings (SSSR count). The van der Waals surface area contributed by atoms with Gasteiger partial charge in [0, 0.05) is 31.3 Å². The minimum Gasteiger partial charge on any atom is -0.378 e. The van der Waals surface area contributed by atoms with E-state index in [-0.39, 0.29) is 5.41 Å². The summed E-state index contributed by atoms with van der Waals surface area (Å²) in [7, 11) is 0. The molecule has 0 amide bonds. The van der Waals surface area contributed by atoms with Crippen LogP contribution in [0.5, 0.6) is 0 Å². The lowest BCUT2D eigenvalue weighted by molar-refractivity contribution is 0.123. The van der Waals surface area contributed by atoms with Crippen molar-refractivity contribution in [3.63, 3.8) is 0 Å². The van der Waals surface area contributed by atoms with Crippen LogP contribution in [0.3, 0.4) is 0 Å². The average Bonchev–Trinajstić information content (AvgIpc) is 3.56. The molecule has 2 fully saturated rings. The van der Waals surface area contributed by atoms with Crippen molar-refractivity contribution < 1.29 is 4.74 Å². The number of morpholine rings is 1. The zero-order valence-corrected chi connectivity index (χ0v) is 19.4. The van der Waals surface area contributed by atoms with E-state index in [9.17, 15) is 5.26 Å². The molecule has 4 heterocycles. The van der Waals surface area contributed by atoms with E-state index in [2.05, 4.69) is 63.2 Å². The molecule has 2 aliphatic heterocycles. The highest BCUT2D eigenvalue weighted by molar-refractivity contribution is 6.00. The number of anilines is 2. The van der Waals surface area contributed by atoms with Gasteiger partial charge in [-0.2, -0.15) is 5.26 Å². The first-order valence-electron chi connectivity index (χ1n) is 11.9. The standard InChI is InChI=1S/C25H28N8O/c1-18-3-2-4-19(13-18)23-27-7-8-33(30-23)21-14-20(31-9-11-34-12-10-31)22-24(29-21)32(17-28-22)16-25(15-26)5-6-25/h2-4,13-14,17H,5-12,16H2,1H3,(H,27,30). The van der Waals surface area contributed by atoms with E-state index in [0.29, 0.717) is 32.8 Å². The summed E-state index contributed by atoms with van der Waals surface area (Å²) < 4.78 is 7.64. The van der Waals surface area contributed by atoms with E-state index in [1.807, 2.05) is 6.33 Å². The second-order valence-corrected chi connectivity index (χ2v) is 9.40. The van der Waals surface area contributed by atoms with Gasteiger partial charge in [-0.15, -0.1) is 0 Å². The first kappa shape index (κ1) is 20.9. The first-order chi connectivity index (χ1) is 16.6. The summed E-state index contributed by atoms with van der Waals surface area (Å²) in [5, 5.41) is 11.7. The highest BCUT2D eigenvalue weighted by Crippen LogP contribution is 2.47. The summed E-state index contributed by atoms with van der Waals surface area (Å²) in [4.78, 5) is 16.8. The molecule has 1 saturated heterocycles. The Bertz CT molecular complexity index is 1300. The van der Waals surface area contributed by atoms with Crippen LogP contribution >= 0.6 is 0 Å². The molecule has 1 aromatic carbocycles. The monoisotopic (exact) mass is 456 g/mol. The Kier molecular flexibility index (Phi) is 5.11. The maximum Gasteiger partial charge on any atom is 0.164 e. The largest absolute Gasteiger partial charge is 0.378 e. The van der Waals surface area contributed by atoms with Crippen LogP contribution in [-0.4, -0.2) is 59.8 Å². The smallest absolute Gasteiger partial charge is 0.164 e. The van der Waals surface area contributed by atoms with Gasteiger partial charge in [0.15, 0.2) is 11.5 Å². The highest BCUT2D eigenvalue weighted by Gasteiger charge is 2.44. The second-order valence-electron chi connectivity index (χ2n) is 9.40. The molecule has 0 bridgehead atoms. The minimum absolute atomic E-state index is 0.279. The van der Waals surface area contributed by atoms with E-state index in [1.54, 1.807) is 0 Å². The lowest BCUT2D eigenvalue weighted by Gasteiger charge is -2.32. The number of nitrogens with zero attached hydrogens (tertiary/aromatic N) is 7. The van der Waals surface area contributed by atoms with Gasteiger partial charge >= 0.3 is 0 Å². The number of fused-ring (bicyclic) bond motifs is 1. The lowest BCUT2D eigenvalue weighted by atomic mass is 10.1. The third-order valence-corrected chi connectivity index (χ3v) is 6.86. The lowest BCUT2D eigenvalue weighted by Crippen LogP contribution is -2.48. The van der Waals surface area contributed by atoms with Gasteiger partial charge in [-0.3, -0.25) is 15.4 Å². The van der Waals surface area contributed by atoms with Crippen molar-refractivity contribution in [3.05, 3.63) is 47.8 Å². The number of hydrogen-bond acceptors (Lipinski definition) is 8. The molecule has 174 valence electrons. The maximum absolute atomic E-state index is 9.64. The summed E-state index contributed by atoms with van der Waals surface area (Å²) in [6.45, 7) is 7.14. The number of nitrogens with one attached hydrogen (secondary N) is 1. The number of ether oxygens (including phenoxy) is 1. The number of hydrazine groups is 1. The van der Waals surface area contributed by atoms with Crippen LogP contribution in [0.15, 0.2) is 41.7 Å². The van der Waals surface area contributed by atoms with E-state index in [4.69, 9.17) is 19.7 Å². The van der Waals surface area contributed by atoms with Gasteiger partial charge in [0.2, 0.25) is 0 Å². The molecular formula is C25H28N8O. The molecule has 9 nitrogen and oxygen atoms in total. The zero-order valence-electron chi connectivity index (χ0n) is 19.4. The van der Waals surface area contributed by atoms with Crippen LogP contribution in [0.25, 0.3) is 11.2 Å². The van der Waals surface area contributed by atoms with Crippen LogP contribution in [0.4, 0.5) is 11.5 Å². The third-order valence-electron chi connectivity index (χ3n) is 6.86. The van der Waals surface area contributed by atoms with E-state index in [0.717, 1.165) is 60.0 Å². The van der Waals surface area contributed by atoms with E-state index < -0.39 is 0 Å². The van der Waals surface area contributed by atoms with Crippen molar-refractivity contribution >= 4 is 28.5 Å². The molecule has 9 heteroatoms. The van der Waals surface area contributed by atoms with Crippen molar-refractivity contribution in [2.75, 3.05) is 49.3 Å². The predicted octanol–water partition coefficient (Wildman–Crippen LogP) is 2.65. The van der Waals surface area contributed by atoms with E-state index in [1.165, 1.54) is 5.56 Å². The number of imidazole rings is 1. The fourth-order valence-electron chi connectivity index (χ4n) is 4.69. The van der Waals surface area contributed by atoms with Gasteiger partial charge in [0.25, 0.3) is 0 Å². The Hall–Kier alpha value is -3.64. The number of aromatic nitrogens is 3. The Morgan fingerprint density at radius 3 is 2.79 bits per heavy atom. The fraction of sp³-hybridized carbons (Fsp3) is 0.440. The normalized spacial score (nSPS) is 19.5. The molecule has 0 unspecified atom stereocenters. The molecule has 1 N–H and O–H groups in total. The number of aryl methyl sites for hydroxylation is 1. The number of rotatable bonds is 5. The highest BCUT2D eigenvalue weighted by atomic mass is 16.5. The van der Waals surface area contributed by atoms with Gasteiger partial charge < -0.3 is 14.2 Å². The van der Waals surface area contributed by atoms with Crippen LogP contribution < -0.4 is 15.3 Å². The Labute approximate surface area is 198 Å². The van der Waals surface area contributed by atoms with Crippen molar-refractivity contribution in [1.29, 1.82) is 5.26 Å². The molecule has 0 radical (unpaired) electrons. The van der Waals surface area contributed by atoms with Crippen molar-refractivity contribution in [2.24, 2.45) is 10.4 Å². The third kappa shape index (κ3) is 3.84. The van der Waals surface area contributed by atoms with Gasteiger partial charge in [-0.25, -0.2) is 9.97 Å². The second kappa shape index (κ2) is 8.29. The first-order valence-corrected chi connectivity index (χ1v) is 11.9. The molecule has 0 spiro atoms. The summed E-state index contributed by atoms with van der Waals surface area (Å²) in [6.07, 6.45) is 3.71. The predicted molar refractivity (Wildman–Crippen MR) is 131 cm³/mol. The quantitative estimate of drug-likeness (QED) is 0.631. The summed E-state index contributed by atoms with van der Waals surface area (Å²) in [5.74, 6) is 1.68. The Morgan fingerprint density at radius 1 is 1.18 bits per heavy atom. The minimum atomic E-state index is -0.279. The van der Waals surface area contributed by atoms with Gasteiger partial charge in [-0.1, -0.05) is 23.8 Å². The van der Waals surface area contributed by atoms with Crippen molar-refractivity contribution in [2.45, 2.75) is 26.3 Å². The van der Waals surface area contributed by atoms with Gasteiger partial charge in [0.05, 0.1) is 49.8 Å². The number of hydrogen-bond donors (Lipinski definition) is 1. The molecule has 0 atom stereocenters. The number of benzene rings is 1. The van der Waals surface area contributed by atoms with Gasteiger partial charge in [-0.05, 0) is 25.8 Å². The molecule has 34 heavy (non-hydrogen) atoms. The SMILES string of the molecule is Cc1cccc(C2=NCCN(c3cc(N4CCOCC4)c4ncn(CC5(C#N)CC5)c4n3)N2)c1. The number of nitriles is 1. The summed E-state index contributed by atoms with van der Waals surface area (Å²) in [6, 6.07) is 13.0. The maximum atomic E-state index is 9.64. The summed E-state index contributed by atoms with van der Waals surface area (Å²) in [5.41, 5.74) is 8.23. The topological polar surface area (TPSA) is 94.6 Å². The Morgan fingerprint density at radius 2 is 2.03 bits per heavy atom. The van der Waals surface area contributed by atoms with E-state index >= 15 is 0 Å². The number of pyridine rings is 1. The average molecular weight is 457 g/mol. The Balaban J connectivity index is 1.39. The van der Waals surface area contributed by atoms with Crippen molar-refractivity contribution in [1.82, 2.24) is 20.0 Å². The van der Waals surface area contributed by atoms with Crippen LogP contribution in [0.2, 0.25) is 0 Å². The molecule has 3 aliphatic rings. The number of aliphatic imine (C=N–C) groups is 1. The molecule has 3 aromatic rings. The van der Waals surface area contributed by atoms with Gasteiger partial charge in [0.1, 0.15) is 11.4 Å². The molecule has 1 saturated carbocycles. The molecular weight excluding hydrogens is 428 g/mol. The number of amidine groups is 1. The fourth-order valence-corrected chi connectivity index (χ4v) is 4.69. The van der Waals surface area contributed by atoms with Crippen LogP contribution in [0.1, 0.15) is 24.0 Å². The summed E-state index contributed by atoms with van der Waals surface area (Å²) >= 11 is 0. The zero-order chi connectivity index (χ0) is 23.1. The molecule has 1 aliphatic carbocycles. The van der Waals surface area contributed by atoms with Crippen molar-refractivity contribution in [3.8, 4) is 6.07 Å².